The maximum Gasteiger partial charge on any atom is 0.118 e. The summed E-state index contributed by atoms with van der Waals surface area (Å²) in [6, 6.07) is 8.83. The molecule has 1 aliphatic heterocycles. The van der Waals surface area contributed by atoms with Gasteiger partial charge in [0.1, 0.15) is 5.75 Å². The summed E-state index contributed by atoms with van der Waals surface area (Å²) in [6.07, 6.45) is 3.00. The second-order valence-corrected chi connectivity index (χ2v) is 4.60. The summed E-state index contributed by atoms with van der Waals surface area (Å²) in [6.45, 7) is 8.24. The Kier molecular flexibility index (Phi) is 4.79. The molecule has 3 nitrogen and oxygen atoms in total. The molecule has 1 N–H and O–H groups in total. The van der Waals surface area contributed by atoms with Gasteiger partial charge in [-0.15, -0.1) is 6.58 Å². The van der Waals surface area contributed by atoms with Gasteiger partial charge in [0, 0.05) is 32.2 Å². The first-order valence-corrected chi connectivity index (χ1v) is 6.54. The number of nitrogens with zero attached hydrogens (tertiary/aromatic N) is 1. The quantitative estimate of drug-likeness (QED) is 0.806. The fraction of sp³-hybridized carbons (Fsp3) is 0.467. The predicted octanol–water partition coefficient (Wildman–Crippen LogP) is 2.22. The summed E-state index contributed by atoms with van der Waals surface area (Å²) >= 11 is 0. The standard InChI is InChI=1S/C15H22N2O/c1-3-4-15(17-11-9-16-10-12-17)13-5-7-14(18-2)8-6-13/h3,5-8,15-16H,1,4,9-12H2,2H3/t15-/m1/s1. The van der Waals surface area contributed by atoms with Gasteiger partial charge in [-0.25, -0.2) is 0 Å². The van der Waals surface area contributed by atoms with Crippen molar-refractivity contribution >= 4 is 0 Å². The molecule has 18 heavy (non-hydrogen) atoms. The first-order chi connectivity index (χ1) is 8.85. The van der Waals surface area contributed by atoms with E-state index in [4.69, 9.17) is 4.74 Å². The van der Waals surface area contributed by atoms with Crippen molar-refractivity contribution in [3.05, 3.63) is 42.5 Å². The second kappa shape index (κ2) is 6.57. The molecule has 1 aliphatic rings. The Hall–Kier alpha value is -1.32. The van der Waals surface area contributed by atoms with Crippen LogP contribution in [-0.2, 0) is 0 Å². The molecular formula is C15H22N2O. The lowest BCUT2D eigenvalue weighted by molar-refractivity contribution is 0.174. The van der Waals surface area contributed by atoms with Gasteiger partial charge in [-0.2, -0.15) is 0 Å². The average Bonchev–Trinajstić information content (AvgIpc) is 2.46. The highest BCUT2D eigenvalue weighted by Gasteiger charge is 2.20. The van der Waals surface area contributed by atoms with E-state index in [2.05, 4.69) is 28.9 Å². The first kappa shape index (κ1) is 13.1. The largest absolute Gasteiger partial charge is 0.497 e. The smallest absolute Gasteiger partial charge is 0.118 e. The van der Waals surface area contributed by atoms with E-state index in [1.165, 1.54) is 5.56 Å². The fourth-order valence-corrected chi connectivity index (χ4v) is 2.47. The first-order valence-electron chi connectivity index (χ1n) is 6.54. The highest BCUT2D eigenvalue weighted by Crippen LogP contribution is 2.26. The number of hydrogen-bond acceptors (Lipinski definition) is 3. The van der Waals surface area contributed by atoms with Crippen LogP contribution in [0.15, 0.2) is 36.9 Å². The third-order valence-electron chi connectivity index (χ3n) is 3.48. The minimum Gasteiger partial charge on any atom is -0.497 e. The summed E-state index contributed by atoms with van der Waals surface area (Å²) in [5, 5.41) is 3.39. The number of benzene rings is 1. The van der Waals surface area contributed by atoms with E-state index in [9.17, 15) is 0 Å². The number of hydrogen-bond donors (Lipinski definition) is 1. The zero-order valence-electron chi connectivity index (χ0n) is 11.1. The van der Waals surface area contributed by atoms with E-state index in [0.29, 0.717) is 6.04 Å². The second-order valence-electron chi connectivity index (χ2n) is 4.60. The summed E-state index contributed by atoms with van der Waals surface area (Å²) < 4.78 is 5.21. The normalized spacial score (nSPS) is 18.3. The van der Waals surface area contributed by atoms with Gasteiger partial charge in [0.15, 0.2) is 0 Å². The van der Waals surface area contributed by atoms with Crippen molar-refractivity contribution in [2.75, 3.05) is 33.3 Å². The average molecular weight is 246 g/mol. The van der Waals surface area contributed by atoms with Crippen LogP contribution in [-0.4, -0.2) is 38.2 Å². The zero-order chi connectivity index (χ0) is 12.8. The minimum absolute atomic E-state index is 0.440. The number of piperazine rings is 1. The third kappa shape index (κ3) is 3.12. The maximum atomic E-state index is 5.21. The van der Waals surface area contributed by atoms with Crippen LogP contribution in [0.3, 0.4) is 0 Å². The summed E-state index contributed by atoms with van der Waals surface area (Å²) in [4.78, 5) is 2.53. The zero-order valence-corrected chi connectivity index (χ0v) is 11.1. The molecule has 0 spiro atoms. The van der Waals surface area contributed by atoms with Crippen LogP contribution in [0, 0.1) is 0 Å². The lowest BCUT2D eigenvalue weighted by atomic mass is 10.0. The van der Waals surface area contributed by atoms with Crippen molar-refractivity contribution in [3.8, 4) is 5.75 Å². The van der Waals surface area contributed by atoms with Gasteiger partial charge in [0.2, 0.25) is 0 Å². The van der Waals surface area contributed by atoms with Crippen LogP contribution in [0.2, 0.25) is 0 Å². The number of ether oxygens (including phenoxy) is 1. The highest BCUT2D eigenvalue weighted by atomic mass is 16.5. The SMILES string of the molecule is C=CC[C@H](c1ccc(OC)cc1)N1CCNCC1. The van der Waals surface area contributed by atoms with Gasteiger partial charge in [0.25, 0.3) is 0 Å². The molecule has 0 unspecified atom stereocenters. The third-order valence-corrected chi connectivity index (χ3v) is 3.48. The van der Waals surface area contributed by atoms with Gasteiger partial charge < -0.3 is 10.1 Å². The van der Waals surface area contributed by atoms with E-state index < -0.39 is 0 Å². The van der Waals surface area contributed by atoms with Gasteiger partial charge >= 0.3 is 0 Å². The van der Waals surface area contributed by atoms with Gasteiger partial charge in [0.05, 0.1) is 7.11 Å². The summed E-state index contributed by atoms with van der Waals surface area (Å²) in [7, 11) is 1.70. The Balaban J connectivity index is 2.13. The van der Waals surface area contributed by atoms with Crippen molar-refractivity contribution in [2.45, 2.75) is 12.5 Å². The molecule has 1 atom stereocenters. The summed E-state index contributed by atoms with van der Waals surface area (Å²) in [5.41, 5.74) is 1.35. The van der Waals surface area contributed by atoms with Crippen molar-refractivity contribution in [2.24, 2.45) is 0 Å². The molecule has 1 fully saturated rings. The molecule has 1 aromatic rings. The van der Waals surface area contributed by atoms with Crippen LogP contribution in [0.1, 0.15) is 18.0 Å². The van der Waals surface area contributed by atoms with Crippen molar-refractivity contribution in [1.29, 1.82) is 0 Å². The van der Waals surface area contributed by atoms with Gasteiger partial charge in [-0.1, -0.05) is 18.2 Å². The molecular weight excluding hydrogens is 224 g/mol. The Morgan fingerprint density at radius 2 is 2.00 bits per heavy atom. The lowest BCUT2D eigenvalue weighted by Crippen LogP contribution is -2.45. The minimum atomic E-state index is 0.440. The fourth-order valence-electron chi connectivity index (χ4n) is 2.47. The van der Waals surface area contributed by atoms with Crippen molar-refractivity contribution < 1.29 is 4.74 Å². The monoisotopic (exact) mass is 246 g/mol. The van der Waals surface area contributed by atoms with Gasteiger partial charge in [-0.05, 0) is 24.1 Å². The Labute approximate surface area is 109 Å². The highest BCUT2D eigenvalue weighted by molar-refractivity contribution is 5.29. The van der Waals surface area contributed by atoms with E-state index in [1.807, 2.05) is 18.2 Å². The molecule has 3 heteroatoms. The topological polar surface area (TPSA) is 24.5 Å². The van der Waals surface area contributed by atoms with Crippen LogP contribution >= 0.6 is 0 Å². The number of nitrogens with one attached hydrogen (secondary N) is 1. The molecule has 0 radical (unpaired) electrons. The van der Waals surface area contributed by atoms with Crippen LogP contribution < -0.4 is 10.1 Å². The Bertz CT molecular complexity index is 369. The van der Waals surface area contributed by atoms with Crippen LogP contribution in [0.4, 0.5) is 0 Å². The Morgan fingerprint density at radius 1 is 1.33 bits per heavy atom. The van der Waals surface area contributed by atoms with Crippen molar-refractivity contribution in [3.63, 3.8) is 0 Å². The van der Waals surface area contributed by atoms with Crippen molar-refractivity contribution in [1.82, 2.24) is 10.2 Å². The van der Waals surface area contributed by atoms with E-state index in [-0.39, 0.29) is 0 Å². The molecule has 98 valence electrons. The Morgan fingerprint density at radius 3 is 2.56 bits per heavy atom. The number of rotatable bonds is 5. The van der Waals surface area contributed by atoms with Gasteiger partial charge in [-0.3, -0.25) is 4.90 Å². The molecule has 0 saturated carbocycles. The van der Waals surface area contributed by atoms with Crippen LogP contribution in [0.25, 0.3) is 0 Å². The summed E-state index contributed by atoms with van der Waals surface area (Å²) in [5.74, 6) is 0.913. The van der Waals surface area contributed by atoms with E-state index in [1.54, 1.807) is 7.11 Å². The molecule has 0 bridgehead atoms. The maximum absolute atomic E-state index is 5.21. The number of methoxy groups -OCH3 is 1. The van der Waals surface area contributed by atoms with E-state index in [0.717, 1.165) is 38.3 Å². The predicted molar refractivity (Wildman–Crippen MR) is 75.0 cm³/mol. The molecule has 1 saturated heterocycles. The molecule has 0 amide bonds. The molecule has 0 aromatic heterocycles. The molecule has 0 aliphatic carbocycles. The lowest BCUT2D eigenvalue weighted by Gasteiger charge is -2.34. The molecule has 1 aromatic carbocycles. The van der Waals surface area contributed by atoms with E-state index >= 15 is 0 Å². The van der Waals surface area contributed by atoms with Crippen LogP contribution in [0.5, 0.6) is 5.75 Å². The molecule has 1 heterocycles. The molecule has 2 rings (SSSR count).